The van der Waals surface area contributed by atoms with Gasteiger partial charge in [0.05, 0.1) is 0 Å². The van der Waals surface area contributed by atoms with Gasteiger partial charge in [-0.2, -0.15) is 0 Å². The molecule has 35 heavy (non-hydrogen) atoms. The number of ether oxygens (including phenoxy) is 1. The first kappa shape index (κ1) is 28.4. The van der Waals surface area contributed by atoms with E-state index in [1.54, 1.807) is 0 Å². The van der Waals surface area contributed by atoms with Crippen LogP contribution in [0.25, 0.3) is 10.9 Å². The fourth-order valence-corrected chi connectivity index (χ4v) is 3.82. The van der Waals surface area contributed by atoms with Crippen LogP contribution < -0.4 is 10.5 Å². The minimum absolute atomic E-state index is 0.122. The van der Waals surface area contributed by atoms with Crippen LogP contribution in [0.1, 0.15) is 76.7 Å². The van der Waals surface area contributed by atoms with E-state index >= 15 is 0 Å². The maximum atomic E-state index is 12.2. The molecule has 4 nitrogen and oxygen atoms in total. The molecule has 2 aromatic rings. The molecule has 0 aliphatic rings. The summed E-state index contributed by atoms with van der Waals surface area (Å²) < 4.78 is 5.73. The third kappa shape index (κ3) is 12.4. The zero-order valence-corrected chi connectivity index (χ0v) is 21.5. The summed E-state index contributed by atoms with van der Waals surface area (Å²) in [4.78, 5) is 15.4. The van der Waals surface area contributed by atoms with Crippen LogP contribution in [-0.2, 0) is 11.2 Å². The first-order chi connectivity index (χ1) is 17.2. The van der Waals surface area contributed by atoms with Gasteiger partial charge in [-0.05, 0) is 81.7 Å². The summed E-state index contributed by atoms with van der Waals surface area (Å²) in [6.45, 7) is 2.97. The van der Waals surface area contributed by atoms with Crippen LogP contribution in [0.15, 0.2) is 73.0 Å². The molecule has 4 heteroatoms. The van der Waals surface area contributed by atoms with E-state index in [-0.39, 0.29) is 12.4 Å². The summed E-state index contributed by atoms with van der Waals surface area (Å²) in [5.74, 6) is 0.862. The van der Waals surface area contributed by atoms with E-state index in [0.717, 1.165) is 55.2 Å². The van der Waals surface area contributed by atoms with E-state index in [1.165, 1.54) is 31.2 Å². The van der Waals surface area contributed by atoms with Gasteiger partial charge in [-0.3, -0.25) is 4.79 Å². The van der Waals surface area contributed by atoms with Gasteiger partial charge < -0.3 is 15.5 Å². The summed E-state index contributed by atoms with van der Waals surface area (Å²) in [5.41, 5.74) is 7.92. The van der Waals surface area contributed by atoms with Gasteiger partial charge in [0, 0.05) is 23.5 Å². The summed E-state index contributed by atoms with van der Waals surface area (Å²) in [7, 11) is 0. The standard InChI is InChI=1S/C31H44N2O2/c1-2-3-4-5-6-7-8-9-10-11-12-13-14-15-16-17-18-19-28(34)26-35-29-20-21-31-30(24-29)27(22-23-32)25-33-31/h6-7,9-10,12-13,15-16,20-21,24-25,33H,2-5,8,11,14,17-19,22-23,26,32H2,1H3/b7-6-,10-9-,13-12-,16-15-. The maximum absolute atomic E-state index is 12.2. The van der Waals surface area contributed by atoms with Gasteiger partial charge in [0.2, 0.25) is 0 Å². The molecule has 0 radical (unpaired) electrons. The van der Waals surface area contributed by atoms with E-state index in [4.69, 9.17) is 10.5 Å². The maximum Gasteiger partial charge on any atom is 0.170 e. The average molecular weight is 477 g/mol. The molecule has 0 saturated heterocycles. The molecule has 0 bridgehead atoms. The lowest BCUT2D eigenvalue weighted by Crippen LogP contribution is -2.10. The Morgan fingerprint density at radius 2 is 1.57 bits per heavy atom. The van der Waals surface area contributed by atoms with Crippen molar-refractivity contribution in [2.45, 2.75) is 77.6 Å². The second kappa shape index (κ2) is 18.5. The Morgan fingerprint density at radius 1 is 0.914 bits per heavy atom. The van der Waals surface area contributed by atoms with E-state index < -0.39 is 0 Å². The Labute approximate surface area is 212 Å². The van der Waals surface area contributed by atoms with Gasteiger partial charge >= 0.3 is 0 Å². The Bertz CT molecular complexity index is 966. The van der Waals surface area contributed by atoms with Crippen molar-refractivity contribution in [2.75, 3.05) is 13.2 Å². The third-order valence-corrected chi connectivity index (χ3v) is 5.84. The predicted octanol–water partition coefficient (Wildman–Crippen LogP) is 7.76. The highest BCUT2D eigenvalue weighted by Gasteiger charge is 2.07. The van der Waals surface area contributed by atoms with Gasteiger partial charge in [-0.1, -0.05) is 68.4 Å². The number of carbonyl (C=O) groups is 1. The molecule has 0 fully saturated rings. The number of aromatic amines is 1. The van der Waals surface area contributed by atoms with Crippen LogP contribution in [0.2, 0.25) is 0 Å². The molecule has 0 aliphatic heterocycles. The molecule has 0 unspecified atom stereocenters. The fraction of sp³-hybridized carbons (Fsp3) is 0.452. The first-order valence-corrected chi connectivity index (χ1v) is 13.3. The minimum atomic E-state index is 0.122. The molecule has 3 N–H and O–H groups in total. The quantitative estimate of drug-likeness (QED) is 0.161. The first-order valence-electron chi connectivity index (χ1n) is 13.3. The number of nitrogens with one attached hydrogen (secondary N) is 1. The number of aromatic nitrogens is 1. The van der Waals surface area contributed by atoms with Gasteiger partial charge in [0.1, 0.15) is 12.4 Å². The van der Waals surface area contributed by atoms with Crippen molar-refractivity contribution in [1.82, 2.24) is 4.98 Å². The number of Topliss-reactive ketones (excluding diaryl/α,β-unsaturated/α-hetero) is 1. The molecule has 1 aromatic carbocycles. The van der Waals surface area contributed by atoms with E-state index in [0.29, 0.717) is 13.0 Å². The SMILES string of the molecule is CCCCC/C=C\C/C=C\C/C=C\C/C=C\CCCC(=O)COc1ccc2[nH]cc(CCN)c2c1. The molecule has 190 valence electrons. The molecule has 1 heterocycles. The lowest BCUT2D eigenvalue weighted by atomic mass is 10.1. The van der Waals surface area contributed by atoms with Crippen LogP contribution in [0.5, 0.6) is 5.75 Å². The Morgan fingerprint density at radius 3 is 2.23 bits per heavy atom. The summed E-state index contributed by atoms with van der Waals surface area (Å²) in [5, 5.41) is 1.11. The highest BCUT2D eigenvalue weighted by molar-refractivity contribution is 5.85. The largest absolute Gasteiger partial charge is 0.486 e. The molecule has 0 atom stereocenters. The van der Waals surface area contributed by atoms with Crippen molar-refractivity contribution >= 4 is 16.7 Å². The predicted molar refractivity (Wildman–Crippen MR) is 150 cm³/mol. The molecular formula is C31H44N2O2. The van der Waals surface area contributed by atoms with E-state index in [9.17, 15) is 4.79 Å². The number of fused-ring (bicyclic) bond motifs is 1. The minimum Gasteiger partial charge on any atom is -0.486 e. The lowest BCUT2D eigenvalue weighted by molar-refractivity contribution is -0.121. The van der Waals surface area contributed by atoms with Crippen LogP contribution in [0, 0.1) is 0 Å². The third-order valence-electron chi connectivity index (χ3n) is 5.84. The molecule has 0 saturated carbocycles. The van der Waals surface area contributed by atoms with E-state index in [2.05, 4.69) is 60.5 Å². The molecule has 0 spiro atoms. The molecule has 2 rings (SSSR count). The van der Waals surface area contributed by atoms with Crippen LogP contribution >= 0.6 is 0 Å². The zero-order valence-electron chi connectivity index (χ0n) is 21.5. The number of hydrogen-bond acceptors (Lipinski definition) is 3. The van der Waals surface area contributed by atoms with Crippen molar-refractivity contribution in [3.05, 3.63) is 78.6 Å². The number of allylic oxidation sites excluding steroid dienone is 8. The monoisotopic (exact) mass is 476 g/mol. The highest BCUT2D eigenvalue weighted by Crippen LogP contribution is 2.24. The number of nitrogens with two attached hydrogens (primary N) is 1. The van der Waals surface area contributed by atoms with Crippen molar-refractivity contribution < 1.29 is 9.53 Å². The summed E-state index contributed by atoms with van der Waals surface area (Å²) in [6, 6.07) is 5.87. The second-order valence-corrected chi connectivity index (χ2v) is 8.87. The molecular weight excluding hydrogens is 432 g/mol. The number of unbranched alkanes of at least 4 members (excludes halogenated alkanes) is 4. The normalized spacial score (nSPS) is 12.3. The zero-order chi connectivity index (χ0) is 25.0. The number of ketones is 1. The molecule has 1 aromatic heterocycles. The smallest absolute Gasteiger partial charge is 0.170 e. The van der Waals surface area contributed by atoms with Gasteiger partial charge in [0.25, 0.3) is 0 Å². The topological polar surface area (TPSA) is 68.1 Å². The number of H-pyrrole nitrogens is 1. The fourth-order valence-electron chi connectivity index (χ4n) is 3.82. The summed E-state index contributed by atoms with van der Waals surface area (Å²) >= 11 is 0. The van der Waals surface area contributed by atoms with E-state index in [1.807, 2.05) is 24.4 Å². The van der Waals surface area contributed by atoms with Crippen LogP contribution in [-0.4, -0.2) is 23.9 Å². The Hall–Kier alpha value is -2.85. The Balaban J connectivity index is 1.51. The summed E-state index contributed by atoms with van der Waals surface area (Å²) in [6.07, 6.45) is 31.0. The van der Waals surface area contributed by atoms with Crippen molar-refractivity contribution in [3.63, 3.8) is 0 Å². The van der Waals surface area contributed by atoms with Crippen LogP contribution in [0.4, 0.5) is 0 Å². The Kier molecular flexibility index (Phi) is 15.0. The molecule has 0 amide bonds. The van der Waals surface area contributed by atoms with Gasteiger partial charge in [0.15, 0.2) is 5.78 Å². The lowest BCUT2D eigenvalue weighted by Gasteiger charge is -2.06. The number of carbonyl (C=O) groups excluding carboxylic acids is 1. The van der Waals surface area contributed by atoms with Gasteiger partial charge in [-0.15, -0.1) is 0 Å². The van der Waals surface area contributed by atoms with Crippen molar-refractivity contribution in [3.8, 4) is 5.75 Å². The number of rotatable bonds is 19. The molecule has 0 aliphatic carbocycles. The number of hydrogen-bond donors (Lipinski definition) is 2. The van der Waals surface area contributed by atoms with Crippen molar-refractivity contribution in [1.29, 1.82) is 0 Å². The van der Waals surface area contributed by atoms with Crippen LogP contribution in [0.3, 0.4) is 0 Å². The number of benzene rings is 1. The second-order valence-electron chi connectivity index (χ2n) is 8.87. The highest BCUT2D eigenvalue weighted by atomic mass is 16.5. The average Bonchev–Trinajstić information content (AvgIpc) is 3.27. The van der Waals surface area contributed by atoms with Crippen molar-refractivity contribution in [2.24, 2.45) is 5.73 Å². The van der Waals surface area contributed by atoms with Gasteiger partial charge in [-0.25, -0.2) is 0 Å².